The first kappa shape index (κ1) is 13.1. The summed E-state index contributed by atoms with van der Waals surface area (Å²) in [5.74, 6) is 0. The predicted molar refractivity (Wildman–Crippen MR) is 83.6 cm³/mol. The van der Waals surface area contributed by atoms with Gasteiger partial charge in [-0.1, -0.05) is 30.3 Å². The van der Waals surface area contributed by atoms with Crippen molar-refractivity contribution >= 4 is 22.7 Å². The van der Waals surface area contributed by atoms with E-state index in [1.165, 1.54) is 0 Å². The molecule has 0 aliphatic carbocycles. The molecule has 0 saturated carbocycles. The fourth-order valence-corrected chi connectivity index (χ4v) is 2.52. The molecule has 0 bridgehead atoms. The Kier molecular flexibility index (Phi) is 3.28. The highest BCUT2D eigenvalue weighted by atomic mass is 16.4. The van der Waals surface area contributed by atoms with Gasteiger partial charge in [0.15, 0.2) is 0 Å². The minimum atomic E-state index is -1.08. The zero-order chi connectivity index (χ0) is 14.8. The smallest absolute Gasteiger partial charge is 0.409 e. The van der Waals surface area contributed by atoms with E-state index in [4.69, 9.17) is 5.11 Å². The third-order valence-corrected chi connectivity index (χ3v) is 3.44. The van der Waals surface area contributed by atoms with Gasteiger partial charge in [0.25, 0.3) is 0 Å². The number of carbonyl (C=O) groups is 1. The zero-order valence-corrected chi connectivity index (χ0v) is 11.5. The lowest BCUT2D eigenvalue weighted by Crippen LogP contribution is -2.08. The van der Waals surface area contributed by atoms with Crippen molar-refractivity contribution in [3.8, 4) is 11.1 Å². The average Bonchev–Trinajstić information content (AvgIpc) is 2.47. The van der Waals surface area contributed by atoms with Gasteiger partial charge < -0.3 is 5.11 Å². The second-order valence-corrected chi connectivity index (χ2v) is 4.80. The van der Waals surface area contributed by atoms with Crippen LogP contribution in [0.4, 0.5) is 10.5 Å². The quantitative estimate of drug-likeness (QED) is 0.734. The van der Waals surface area contributed by atoms with Gasteiger partial charge in [-0.05, 0) is 36.2 Å². The normalized spacial score (nSPS) is 10.5. The average molecular weight is 278 g/mol. The van der Waals surface area contributed by atoms with E-state index in [1.54, 1.807) is 12.3 Å². The van der Waals surface area contributed by atoms with Crippen LogP contribution in [0.2, 0.25) is 0 Å². The van der Waals surface area contributed by atoms with Crippen LogP contribution in [0.5, 0.6) is 0 Å². The summed E-state index contributed by atoms with van der Waals surface area (Å²) < 4.78 is 0. The van der Waals surface area contributed by atoms with E-state index < -0.39 is 6.09 Å². The summed E-state index contributed by atoms with van der Waals surface area (Å²) in [6.45, 7) is 2.01. The standard InChI is InChI=1S/C17H14N2O2/c1-11-5-2-3-6-12(11)16-13-7-4-10-18-14(13)8-9-15(16)19-17(20)21/h2-10,19H,1H3,(H,20,21). The molecule has 4 nitrogen and oxygen atoms in total. The van der Waals surface area contributed by atoms with Crippen LogP contribution in [0.1, 0.15) is 5.56 Å². The second kappa shape index (κ2) is 5.25. The number of nitrogens with zero attached hydrogens (tertiary/aromatic N) is 1. The zero-order valence-electron chi connectivity index (χ0n) is 11.5. The SMILES string of the molecule is Cc1ccccc1-c1c(NC(=O)O)ccc2ncccc12. The van der Waals surface area contributed by atoms with E-state index in [9.17, 15) is 4.79 Å². The molecule has 3 rings (SSSR count). The van der Waals surface area contributed by atoms with Crippen molar-refractivity contribution in [3.05, 3.63) is 60.3 Å². The van der Waals surface area contributed by atoms with Gasteiger partial charge in [-0.3, -0.25) is 10.3 Å². The number of benzene rings is 2. The Morgan fingerprint density at radius 2 is 1.90 bits per heavy atom. The third kappa shape index (κ3) is 2.43. The molecule has 1 heterocycles. The highest BCUT2D eigenvalue weighted by molar-refractivity contribution is 6.04. The van der Waals surface area contributed by atoms with Crippen molar-refractivity contribution in [2.45, 2.75) is 6.92 Å². The van der Waals surface area contributed by atoms with Gasteiger partial charge in [-0.25, -0.2) is 4.79 Å². The number of hydrogen-bond acceptors (Lipinski definition) is 2. The maximum atomic E-state index is 11.0. The molecule has 4 heteroatoms. The first-order valence-electron chi connectivity index (χ1n) is 6.60. The number of rotatable bonds is 2. The monoisotopic (exact) mass is 278 g/mol. The van der Waals surface area contributed by atoms with Crippen molar-refractivity contribution < 1.29 is 9.90 Å². The molecule has 0 aliphatic rings. The summed E-state index contributed by atoms with van der Waals surface area (Å²) in [6, 6.07) is 15.3. The highest BCUT2D eigenvalue weighted by Gasteiger charge is 2.13. The number of hydrogen-bond donors (Lipinski definition) is 2. The number of anilines is 1. The van der Waals surface area contributed by atoms with Crippen molar-refractivity contribution in [3.63, 3.8) is 0 Å². The maximum absolute atomic E-state index is 11.0. The fourth-order valence-electron chi connectivity index (χ4n) is 2.52. The molecule has 0 spiro atoms. The van der Waals surface area contributed by atoms with E-state index in [-0.39, 0.29) is 0 Å². The van der Waals surface area contributed by atoms with E-state index in [2.05, 4.69) is 10.3 Å². The Labute approximate surface area is 122 Å². The highest BCUT2D eigenvalue weighted by Crippen LogP contribution is 2.36. The molecule has 1 aromatic heterocycles. The Balaban J connectivity index is 2.36. The Bertz CT molecular complexity index is 828. The summed E-state index contributed by atoms with van der Waals surface area (Å²) >= 11 is 0. The molecule has 3 aromatic rings. The molecule has 0 saturated heterocycles. The van der Waals surface area contributed by atoms with Crippen LogP contribution in [0.25, 0.3) is 22.0 Å². The molecule has 21 heavy (non-hydrogen) atoms. The lowest BCUT2D eigenvalue weighted by molar-refractivity contribution is 0.210. The summed E-state index contributed by atoms with van der Waals surface area (Å²) in [6.07, 6.45) is 0.655. The maximum Gasteiger partial charge on any atom is 0.409 e. The van der Waals surface area contributed by atoms with Crippen molar-refractivity contribution in [1.82, 2.24) is 4.98 Å². The summed E-state index contributed by atoms with van der Waals surface area (Å²) in [4.78, 5) is 15.4. The number of aromatic nitrogens is 1. The first-order valence-corrected chi connectivity index (χ1v) is 6.60. The van der Waals surface area contributed by atoms with Crippen LogP contribution in [-0.2, 0) is 0 Å². The Hall–Kier alpha value is -2.88. The van der Waals surface area contributed by atoms with Crippen LogP contribution in [0.3, 0.4) is 0 Å². The summed E-state index contributed by atoms with van der Waals surface area (Å²) in [5.41, 5.74) is 4.35. The fraction of sp³-hybridized carbons (Fsp3) is 0.0588. The van der Waals surface area contributed by atoms with Crippen LogP contribution in [-0.4, -0.2) is 16.2 Å². The van der Waals surface area contributed by atoms with Crippen molar-refractivity contribution in [2.75, 3.05) is 5.32 Å². The first-order chi connectivity index (χ1) is 10.2. The molecular formula is C17H14N2O2. The number of pyridine rings is 1. The molecule has 2 aromatic carbocycles. The Morgan fingerprint density at radius 3 is 2.67 bits per heavy atom. The predicted octanol–water partition coefficient (Wildman–Crippen LogP) is 4.30. The van der Waals surface area contributed by atoms with Crippen molar-refractivity contribution in [2.24, 2.45) is 0 Å². The van der Waals surface area contributed by atoms with Gasteiger partial charge in [0.2, 0.25) is 0 Å². The number of carboxylic acid groups (broad SMARTS) is 1. The van der Waals surface area contributed by atoms with E-state index >= 15 is 0 Å². The van der Waals surface area contributed by atoms with Gasteiger partial charge in [-0.15, -0.1) is 0 Å². The van der Waals surface area contributed by atoms with E-state index in [0.717, 1.165) is 27.6 Å². The van der Waals surface area contributed by atoms with Crippen LogP contribution in [0, 0.1) is 6.92 Å². The molecule has 0 aliphatic heterocycles. The van der Waals surface area contributed by atoms with Gasteiger partial charge in [0, 0.05) is 17.1 Å². The topological polar surface area (TPSA) is 62.2 Å². The molecular weight excluding hydrogens is 264 g/mol. The van der Waals surface area contributed by atoms with Crippen LogP contribution in [0.15, 0.2) is 54.7 Å². The minimum absolute atomic E-state index is 0.567. The molecule has 104 valence electrons. The second-order valence-electron chi connectivity index (χ2n) is 4.80. The number of nitrogens with one attached hydrogen (secondary N) is 1. The lowest BCUT2D eigenvalue weighted by atomic mass is 9.95. The van der Waals surface area contributed by atoms with Gasteiger partial charge in [0.05, 0.1) is 11.2 Å². The molecule has 0 fully saturated rings. The molecule has 0 unspecified atom stereocenters. The van der Waals surface area contributed by atoms with Crippen molar-refractivity contribution in [1.29, 1.82) is 0 Å². The molecule has 0 atom stereocenters. The third-order valence-electron chi connectivity index (χ3n) is 3.44. The molecule has 0 radical (unpaired) electrons. The summed E-state index contributed by atoms with van der Waals surface area (Å²) in [5, 5.41) is 12.5. The van der Waals surface area contributed by atoms with Gasteiger partial charge in [0.1, 0.15) is 0 Å². The number of fused-ring (bicyclic) bond motifs is 1. The number of amides is 1. The Morgan fingerprint density at radius 1 is 1.10 bits per heavy atom. The summed E-state index contributed by atoms with van der Waals surface area (Å²) in [7, 11) is 0. The van der Waals surface area contributed by atoms with Crippen LogP contribution >= 0.6 is 0 Å². The molecule has 1 amide bonds. The lowest BCUT2D eigenvalue weighted by Gasteiger charge is -2.14. The van der Waals surface area contributed by atoms with E-state index in [1.807, 2.05) is 49.4 Å². The van der Waals surface area contributed by atoms with Crippen LogP contribution < -0.4 is 5.32 Å². The minimum Gasteiger partial charge on any atom is -0.465 e. The molecule has 2 N–H and O–H groups in total. The van der Waals surface area contributed by atoms with Gasteiger partial charge in [-0.2, -0.15) is 0 Å². The van der Waals surface area contributed by atoms with Gasteiger partial charge >= 0.3 is 6.09 Å². The largest absolute Gasteiger partial charge is 0.465 e. The van der Waals surface area contributed by atoms with E-state index in [0.29, 0.717) is 5.69 Å². The number of aryl methyl sites for hydroxylation is 1.